The predicted molar refractivity (Wildman–Crippen MR) is 113 cm³/mol. The second kappa shape index (κ2) is 10.0. The van der Waals surface area contributed by atoms with Crippen LogP contribution in [0.4, 0.5) is 22.7 Å². The zero-order valence-electron chi connectivity index (χ0n) is 16.2. The van der Waals surface area contributed by atoms with Crippen molar-refractivity contribution >= 4 is 28.7 Å². The van der Waals surface area contributed by atoms with Gasteiger partial charge in [0, 0.05) is 0 Å². The summed E-state index contributed by atoms with van der Waals surface area (Å²) >= 11 is 0. The molecule has 0 aliphatic heterocycles. The normalized spacial score (nSPS) is 11.3. The van der Waals surface area contributed by atoms with E-state index in [4.69, 9.17) is 5.11 Å². The SMILES string of the molecule is CCCCc1ccc(N=Nc2ccc(N=Nc3ccc(C(=O)O)cc3)cc2)cc1. The van der Waals surface area contributed by atoms with Gasteiger partial charge in [0.1, 0.15) is 0 Å². The number of hydrogen-bond acceptors (Lipinski definition) is 5. The number of aromatic carboxylic acids is 1. The zero-order valence-corrected chi connectivity index (χ0v) is 16.2. The smallest absolute Gasteiger partial charge is 0.335 e. The highest BCUT2D eigenvalue weighted by Gasteiger charge is 2.01. The Kier molecular flexibility index (Phi) is 6.95. The molecule has 0 aliphatic carbocycles. The lowest BCUT2D eigenvalue weighted by atomic mass is 10.1. The van der Waals surface area contributed by atoms with Crippen LogP contribution in [0, 0.1) is 0 Å². The molecule has 1 N–H and O–H groups in total. The lowest BCUT2D eigenvalue weighted by Gasteiger charge is -2.00. The zero-order chi connectivity index (χ0) is 20.5. The molecule has 0 heterocycles. The Bertz CT molecular complexity index is 993. The number of nitrogens with zero attached hydrogens (tertiary/aromatic N) is 4. The fraction of sp³-hybridized carbons (Fsp3) is 0.174. The van der Waals surface area contributed by atoms with E-state index in [-0.39, 0.29) is 5.56 Å². The van der Waals surface area contributed by atoms with E-state index in [1.165, 1.54) is 30.5 Å². The molecule has 0 radical (unpaired) electrons. The molecule has 0 bridgehead atoms. The Morgan fingerprint density at radius 2 is 1.07 bits per heavy atom. The van der Waals surface area contributed by atoms with Crippen LogP contribution in [-0.4, -0.2) is 11.1 Å². The fourth-order valence-electron chi connectivity index (χ4n) is 2.60. The summed E-state index contributed by atoms with van der Waals surface area (Å²) < 4.78 is 0. The molecular formula is C23H22N4O2. The van der Waals surface area contributed by atoms with E-state index < -0.39 is 5.97 Å². The maximum Gasteiger partial charge on any atom is 0.335 e. The molecule has 0 amide bonds. The van der Waals surface area contributed by atoms with Crippen molar-refractivity contribution in [2.24, 2.45) is 20.5 Å². The highest BCUT2D eigenvalue weighted by Crippen LogP contribution is 2.24. The highest BCUT2D eigenvalue weighted by atomic mass is 16.4. The highest BCUT2D eigenvalue weighted by molar-refractivity contribution is 5.87. The Morgan fingerprint density at radius 1 is 0.690 bits per heavy atom. The second-order valence-electron chi connectivity index (χ2n) is 6.54. The molecule has 0 saturated heterocycles. The molecule has 0 aromatic heterocycles. The van der Waals surface area contributed by atoms with Gasteiger partial charge >= 0.3 is 5.97 Å². The second-order valence-corrected chi connectivity index (χ2v) is 6.54. The van der Waals surface area contributed by atoms with Crippen molar-refractivity contribution in [1.29, 1.82) is 0 Å². The molecule has 29 heavy (non-hydrogen) atoms. The Labute approximate surface area is 169 Å². The monoisotopic (exact) mass is 386 g/mol. The number of aryl methyl sites for hydroxylation is 1. The van der Waals surface area contributed by atoms with Gasteiger partial charge in [0.25, 0.3) is 0 Å². The first kappa shape index (κ1) is 20.1. The van der Waals surface area contributed by atoms with Gasteiger partial charge in [-0.15, -0.1) is 0 Å². The first-order chi connectivity index (χ1) is 14.1. The van der Waals surface area contributed by atoms with Crippen molar-refractivity contribution in [2.45, 2.75) is 26.2 Å². The van der Waals surface area contributed by atoms with Gasteiger partial charge in [-0.2, -0.15) is 20.5 Å². The van der Waals surface area contributed by atoms with Crippen LogP contribution in [0.1, 0.15) is 35.7 Å². The quantitative estimate of drug-likeness (QED) is 0.405. The Hall–Kier alpha value is -3.67. The van der Waals surface area contributed by atoms with Crippen LogP contribution in [0.2, 0.25) is 0 Å². The summed E-state index contributed by atoms with van der Waals surface area (Å²) in [6.07, 6.45) is 3.47. The van der Waals surface area contributed by atoms with Gasteiger partial charge in [0.15, 0.2) is 0 Å². The van der Waals surface area contributed by atoms with Crippen LogP contribution in [0.15, 0.2) is 93.3 Å². The molecule has 0 saturated carbocycles. The summed E-state index contributed by atoms with van der Waals surface area (Å²) in [6, 6.07) is 21.6. The standard InChI is InChI=1S/C23H22N4O2/c1-2-3-4-17-5-9-19(10-6-17)24-26-21-13-15-22(16-14-21)27-25-20-11-7-18(8-12-20)23(28)29/h5-16H,2-4H2,1H3,(H,28,29). The maximum atomic E-state index is 10.8. The van der Waals surface area contributed by atoms with Gasteiger partial charge in [-0.1, -0.05) is 25.5 Å². The Morgan fingerprint density at radius 3 is 1.45 bits per heavy atom. The molecule has 6 nitrogen and oxygen atoms in total. The summed E-state index contributed by atoms with van der Waals surface area (Å²) in [6.45, 7) is 2.19. The number of unbranched alkanes of at least 4 members (excludes halogenated alkanes) is 1. The third-order valence-corrected chi connectivity index (χ3v) is 4.28. The van der Waals surface area contributed by atoms with Gasteiger partial charge in [-0.05, 0) is 79.1 Å². The number of azo groups is 2. The molecule has 0 aliphatic rings. The van der Waals surface area contributed by atoms with Crippen molar-refractivity contribution in [1.82, 2.24) is 0 Å². The topological polar surface area (TPSA) is 86.7 Å². The predicted octanol–water partition coefficient (Wildman–Crippen LogP) is 7.56. The van der Waals surface area contributed by atoms with Crippen molar-refractivity contribution in [3.05, 3.63) is 83.9 Å². The first-order valence-corrected chi connectivity index (χ1v) is 9.50. The average Bonchev–Trinajstić information content (AvgIpc) is 2.76. The van der Waals surface area contributed by atoms with Crippen molar-refractivity contribution in [2.75, 3.05) is 0 Å². The van der Waals surface area contributed by atoms with Gasteiger partial charge < -0.3 is 5.11 Å². The number of carbonyl (C=O) groups is 1. The van der Waals surface area contributed by atoms with E-state index in [9.17, 15) is 4.79 Å². The molecular weight excluding hydrogens is 364 g/mol. The minimum Gasteiger partial charge on any atom is -0.478 e. The van der Waals surface area contributed by atoms with Crippen LogP contribution in [0.5, 0.6) is 0 Å². The van der Waals surface area contributed by atoms with Crippen LogP contribution in [0.3, 0.4) is 0 Å². The van der Waals surface area contributed by atoms with Gasteiger partial charge in [0.2, 0.25) is 0 Å². The van der Waals surface area contributed by atoms with E-state index in [0.717, 1.165) is 17.8 Å². The van der Waals surface area contributed by atoms with E-state index in [1.54, 1.807) is 24.3 Å². The third kappa shape index (κ3) is 6.17. The van der Waals surface area contributed by atoms with Gasteiger partial charge in [-0.3, -0.25) is 0 Å². The molecule has 0 spiro atoms. The minimum atomic E-state index is -0.967. The third-order valence-electron chi connectivity index (χ3n) is 4.28. The molecule has 3 rings (SSSR count). The summed E-state index contributed by atoms with van der Waals surface area (Å²) in [5.74, 6) is -0.967. The van der Waals surface area contributed by atoms with E-state index in [2.05, 4.69) is 39.5 Å². The van der Waals surface area contributed by atoms with Crippen molar-refractivity contribution < 1.29 is 9.90 Å². The number of carboxylic acid groups (broad SMARTS) is 1. The van der Waals surface area contributed by atoms with Crippen LogP contribution in [-0.2, 0) is 6.42 Å². The van der Waals surface area contributed by atoms with Crippen molar-refractivity contribution in [3.8, 4) is 0 Å². The molecule has 146 valence electrons. The minimum absolute atomic E-state index is 0.217. The first-order valence-electron chi connectivity index (χ1n) is 9.50. The van der Waals surface area contributed by atoms with Gasteiger partial charge in [-0.25, -0.2) is 4.79 Å². The lowest BCUT2D eigenvalue weighted by Crippen LogP contribution is -1.93. The van der Waals surface area contributed by atoms with E-state index >= 15 is 0 Å². The summed E-state index contributed by atoms with van der Waals surface area (Å²) in [5.41, 5.74) is 4.34. The molecule has 0 fully saturated rings. The summed E-state index contributed by atoms with van der Waals surface area (Å²) in [5, 5.41) is 25.7. The summed E-state index contributed by atoms with van der Waals surface area (Å²) in [7, 11) is 0. The van der Waals surface area contributed by atoms with Crippen molar-refractivity contribution in [3.63, 3.8) is 0 Å². The van der Waals surface area contributed by atoms with E-state index in [1.807, 2.05) is 24.3 Å². The van der Waals surface area contributed by atoms with Gasteiger partial charge in [0.05, 0.1) is 28.3 Å². The number of carboxylic acids is 1. The fourth-order valence-corrected chi connectivity index (χ4v) is 2.60. The molecule has 6 heteroatoms. The molecule has 3 aromatic rings. The van der Waals surface area contributed by atoms with E-state index in [0.29, 0.717) is 11.4 Å². The molecule has 0 unspecified atom stereocenters. The Balaban J connectivity index is 1.59. The number of benzene rings is 3. The molecule has 0 atom stereocenters. The molecule has 3 aromatic carbocycles. The number of hydrogen-bond donors (Lipinski definition) is 1. The average molecular weight is 386 g/mol. The lowest BCUT2D eigenvalue weighted by molar-refractivity contribution is 0.0697. The largest absolute Gasteiger partial charge is 0.478 e. The van der Waals surface area contributed by atoms with Crippen LogP contribution in [0.25, 0.3) is 0 Å². The maximum absolute atomic E-state index is 10.8. The number of rotatable bonds is 8. The van der Waals surface area contributed by atoms with Crippen LogP contribution >= 0.6 is 0 Å². The van der Waals surface area contributed by atoms with Crippen LogP contribution < -0.4 is 0 Å². The summed E-state index contributed by atoms with van der Waals surface area (Å²) in [4.78, 5) is 10.8.